The van der Waals surface area contributed by atoms with E-state index in [4.69, 9.17) is 0 Å². The Morgan fingerprint density at radius 3 is 2.61 bits per heavy atom. The molecule has 0 spiro atoms. The van der Waals surface area contributed by atoms with Crippen molar-refractivity contribution in [2.75, 3.05) is 18.0 Å². The Kier molecular flexibility index (Phi) is 4.39. The Balaban J connectivity index is 1.58. The van der Waals surface area contributed by atoms with Crippen molar-refractivity contribution in [2.24, 2.45) is 5.92 Å². The van der Waals surface area contributed by atoms with Crippen LogP contribution in [0.4, 0.5) is 5.69 Å². The number of carbonyl (C=O) groups excluding carboxylic acids is 2. The van der Waals surface area contributed by atoms with Gasteiger partial charge in [0.1, 0.15) is 0 Å². The fourth-order valence-electron chi connectivity index (χ4n) is 3.20. The summed E-state index contributed by atoms with van der Waals surface area (Å²) >= 11 is 0. The van der Waals surface area contributed by atoms with Crippen LogP contribution in [0.3, 0.4) is 0 Å². The van der Waals surface area contributed by atoms with Crippen molar-refractivity contribution >= 4 is 17.5 Å². The molecular formula is C18H24N2O3. The molecule has 0 aromatic heterocycles. The maximum Gasteiger partial charge on any atom is 0.227 e. The largest absolute Gasteiger partial charge is 0.388 e. The highest BCUT2D eigenvalue weighted by Gasteiger charge is 2.38. The second-order valence-electron chi connectivity index (χ2n) is 6.72. The molecule has 1 saturated carbocycles. The minimum absolute atomic E-state index is 0.0169. The molecule has 0 bridgehead atoms. The molecular weight excluding hydrogens is 292 g/mol. The molecule has 2 fully saturated rings. The number of benzene rings is 1. The fraction of sp³-hybridized carbons (Fsp3) is 0.556. The van der Waals surface area contributed by atoms with Gasteiger partial charge in [0, 0.05) is 25.2 Å². The summed E-state index contributed by atoms with van der Waals surface area (Å²) in [7, 11) is 0. The van der Waals surface area contributed by atoms with E-state index in [1.54, 1.807) is 4.90 Å². The fourth-order valence-corrected chi connectivity index (χ4v) is 3.20. The van der Waals surface area contributed by atoms with E-state index in [2.05, 4.69) is 12.2 Å². The van der Waals surface area contributed by atoms with Crippen LogP contribution >= 0.6 is 0 Å². The number of rotatable bonds is 5. The number of amides is 2. The van der Waals surface area contributed by atoms with Gasteiger partial charge in [0.25, 0.3) is 0 Å². The van der Waals surface area contributed by atoms with Crippen molar-refractivity contribution in [1.82, 2.24) is 5.32 Å². The Morgan fingerprint density at radius 2 is 2.04 bits per heavy atom. The number of nitrogens with one attached hydrogen (secondary N) is 1. The van der Waals surface area contributed by atoms with Gasteiger partial charge in [-0.05, 0) is 43.4 Å². The lowest BCUT2D eigenvalue weighted by atomic mass is 9.80. The quantitative estimate of drug-likeness (QED) is 0.867. The average Bonchev–Trinajstić information content (AvgIpc) is 2.93. The van der Waals surface area contributed by atoms with E-state index in [1.165, 1.54) is 5.56 Å². The molecule has 5 heteroatoms. The molecule has 3 rings (SSSR count). The van der Waals surface area contributed by atoms with Crippen LogP contribution in [0.2, 0.25) is 0 Å². The molecule has 0 radical (unpaired) electrons. The summed E-state index contributed by atoms with van der Waals surface area (Å²) < 4.78 is 0. The monoisotopic (exact) mass is 316 g/mol. The number of aliphatic hydroxyl groups is 1. The van der Waals surface area contributed by atoms with Gasteiger partial charge in [0.2, 0.25) is 11.8 Å². The third-order valence-corrected chi connectivity index (χ3v) is 5.03. The number of carbonyl (C=O) groups is 2. The minimum atomic E-state index is -0.728. The predicted octanol–water partition coefficient (Wildman–Crippen LogP) is 1.63. The number of nitrogens with zero attached hydrogens (tertiary/aromatic N) is 1. The molecule has 1 saturated heterocycles. The van der Waals surface area contributed by atoms with E-state index in [1.807, 2.05) is 24.3 Å². The molecule has 2 aliphatic rings. The second kappa shape index (κ2) is 6.32. The zero-order valence-corrected chi connectivity index (χ0v) is 13.5. The first-order chi connectivity index (χ1) is 11.0. The Morgan fingerprint density at radius 1 is 1.35 bits per heavy atom. The van der Waals surface area contributed by atoms with E-state index in [0.717, 1.165) is 31.4 Å². The molecule has 1 unspecified atom stereocenters. The molecule has 2 amide bonds. The van der Waals surface area contributed by atoms with E-state index in [-0.39, 0.29) is 24.2 Å². The highest BCUT2D eigenvalue weighted by atomic mass is 16.3. The van der Waals surface area contributed by atoms with Crippen molar-refractivity contribution in [3.05, 3.63) is 29.8 Å². The highest BCUT2D eigenvalue weighted by molar-refractivity contribution is 6.00. The lowest BCUT2D eigenvalue weighted by molar-refractivity contribution is -0.128. The van der Waals surface area contributed by atoms with Gasteiger partial charge in [-0.1, -0.05) is 19.1 Å². The summed E-state index contributed by atoms with van der Waals surface area (Å²) in [6.45, 7) is 2.79. The van der Waals surface area contributed by atoms with Crippen molar-refractivity contribution in [3.63, 3.8) is 0 Å². The maximum atomic E-state index is 12.3. The van der Waals surface area contributed by atoms with Gasteiger partial charge in [0.05, 0.1) is 11.5 Å². The summed E-state index contributed by atoms with van der Waals surface area (Å²) in [5.74, 6) is -0.486. The SMILES string of the molecule is CCc1ccc(N2CC(C(=O)NCC3(O)CCC3)CC2=O)cc1. The third kappa shape index (κ3) is 3.39. The average molecular weight is 316 g/mol. The number of anilines is 1. The Labute approximate surface area is 136 Å². The zero-order chi connectivity index (χ0) is 16.4. The summed E-state index contributed by atoms with van der Waals surface area (Å²) in [6.07, 6.45) is 3.69. The van der Waals surface area contributed by atoms with E-state index in [0.29, 0.717) is 13.1 Å². The van der Waals surface area contributed by atoms with E-state index < -0.39 is 5.60 Å². The Hall–Kier alpha value is -1.88. The standard InChI is InChI=1S/C18H24N2O3/c1-2-13-4-6-15(7-5-13)20-11-14(10-16(20)21)17(22)19-12-18(23)8-3-9-18/h4-7,14,23H,2-3,8-12H2,1H3,(H,19,22). The molecule has 5 nitrogen and oxygen atoms in total. The smallest absolute Gasteiger partial charge is 0.227 e. The Bertz CT molecular complexity index is 593. The van der Waals surface area contributed by atoms with Crippen molar-refractivity contribution in [3.8, 4) is 0 Å². The first kappa shape index (κ1) is 16.0. The molecule has 2 N–H and O–H groups in total. The van der Waals surface area contributed by atoms with Crippen LogP contribution in [-0.4, -0.2) is 35.6 Å². The zero-order valence-electron chi connectivity index (χ0n) is 13.5. The van der Waals surface area contributed by atoms with Crippen LogP contribution in [0.5, 0.6) is 0 Å². The molecule has 1 aromatic carbocycles. The van der Waals surface area contributed by atoms with Crippen molar-refractivity contribution < 1.29 is 14.7 Å². The lowest BCUT2D eigenvalue weighted by Gasteiger charge is -2.36. The summed E-state index contributed by atoms with van der Waals surface area (Å²) in [4.78, 5) is 26.1. The summed E-state index contributed by atoms with van der Waals surface area (Å²) in [5.41, 5.74) is 1.34. The van der Waals surface area contributed by atoms with Gasteiger partial charge >= 0.3 is 0 Å². The summed E-state index contributed by atoms with van der Waals surface area (Å²) in [6, 6.07) is 7.91. The van der Waals surface area contributed by atoms with Gasteiger partial charge in [-0.25, -0.2) is 0 Å². The maximum absolute atomic E-state index is 12.3. The van der Waals surface area contributed by atoms with E-state index >= 15 is 0 Å². The predicted molar refractivity (Wildman–Crippen MR) is 88.1 cm³/mol. The molecule has 1 heterocycles. The van der Waals surface area contributed by atoms with Crippen LogP contribution < -0.4 is 10.2 Å². The van der Waals surface area contributed by atoms with Crippen LogP contribution in [0.15, 0.2) is 24.3 Å². The van der Waals surface area contributed by atoms with Crippen LogP contribution in [-0.2, 0) is 16.0 Å². The first-order valence-electron chi connectivity index (χ1n) is 8.40. The van der Waals surface area contributed by atoms with Crippen molar-refractivity contribution in [1.29, 1.82) is 0 Å². The van der Waals surface area contributed by atoms with Crippen molar-refractivity contribution in [2.45, 2.75) is 44.6 Å². The van der Waals surface area contributed by atoms with Gasteiger partial charge in [-0.3, -0.25) is 9.59 Å². The topological polar surface area (TPSA) is 69.6 Å². The highest BCUT2D eigenvalue weighted by Crippen LogP contribution is 2.31. The van der Waals surface area contributed by atoms with Gasteiger partial charge in [-0.2, -0.15) is 0 Å². The summed E-state index contributed by atoms with van der Waals surface area (Å²) in [5, 5.41) is 12.9. The molecule has 23 heavy (non-hydrogen) atoms. The van der Waals surface area contributed by atoms with Gasteiger partial charge < -0.3 is 15.3 Å². The molecule has 1 atom stereocenters. The van der Waals surface area contributed by atoms with Gasteiger partial charge in [-0.15, -0.1) is 0 Å². The number of hydrogen-bond donors (Lipinski definition) is 2. The third-order valence-electron chi connectivity index (χ3n) is 5.03. The number of hydrogen-bond acceptors (Lipinski definition) is 3. The van der Waals surface area contributed by atoms with Crippen LogP contribution in [0, 0.1) is 5.92 Å². The van der Waals surface area contributed by atoms with Crippen LogP contribution in [0.25, 0.3) is 0 Å². The molecule has 124 valence electrons. The second-order valence-corrected chi connectivity index (χ2v) is 6.72. The first-order valence-corrected chi connectivity index (χ1v) is 8.40. The molecule has 1 aromatic rings. The number of aryl methyl sites for hydroxylation is 1. The molecule has 1 aliphatic heterocycles. The van der Waals surface area contributed by atoms with Crippen LogP contribution in [0.1, 0.15) is 38.2 Å². The van der Waals surface area contributed by atoms with Gasteiger partial charge in [0.15, 0.2) is 0 Å². The minimum Gasteiger partial charge on any atom is -0.388 e. The lowest BCUT2D eigenvalue weighted by Crippen LogP contribution is -2.49. The normalized spacial score (nSPS) is 22.8. The molecule has 1 aliphatic carbocycles. The van der Waals surface area contributed by atoms with E-state index in [9.17, 15) is 14.7 Å².